The zero-order valence-electron chi connectivity index (χ0n) is 19.3. The predicted octanol–water partition coefficient (Wildman–Crippen LogP) is 4.07. The summed E-state index contributed by atoms with van der Waals surface area (Å²) in [6, 6.07) is 12.3. The van der Waals surface area contributed by atoms with Crippen LogP contribution >= 0.6 is 0 Å². The van der Waals surface area contributed by atoms with Crippen molar-refractivity contribution in [3.05, 3.63) is 64.7 Å². The van der Waals surface area contributed by atoms with Crippen molar-refractivity contribution < 1.29 is 18.0 Å². The predicted molar refractivity (Wildman–Crippen MR) is 125 cm³/mol. The molecule has 2 aromatic rings. The molecule has 1 aliphatic rings. The van der Waals surface area contributed by atoms with E-state index in [-0.39, 0.29) is 22.5 Å². The van der Waals surface area contributed by atoms with Gasteiger partial charge in [-0.1, -0.05) is 49.7 Å². The Morgan fingerprint density at radius 1 is 0.969 bits per heavy atom. The summed E-state index contributed by atoms with van der Waals surface area (Å²) in [5.41, 5.74) is 2.97. The Bertz CT molecular complexity index is 1080. The molecule has 0 unspecified atom stereocenters. The molecule has 1 fully saturated rings. The lowest BCUT2D eigenvalue weighted by molar-refractivity contribution is 0.0649. The van der Waals surface area contributed by atoms with E-state index in [0.717, 1.165) is 11.1 Å². The highest BCUT2D eigenvalue weighted by molar-refractivity contribution is 7.89. The number of likely N-dealkylation sites (tertiary alicyclic amines) is 1. The second kappa shape index (κ2) is 9.96. The molecular weight excluding hydrogens is 424 g/mol. The first-order valence-electron chi connectivity index (χ1n) is 11.2. The van der Waals surface area contributed by atoms with E-state index in [0.29, 0.717) is 50.1 Å². The van der Waals surface area contributed by atoms with Gasteiger partial charge in [0.05, 0.1) is 4.90 Å². The van der Waals surface area contributed by atoms with Gasteiger partial charge in [0.1, 0.15) is 0 Å². The number of ketones is 1. The number of nitrogens with zero attached hydrogens (tertiary/aromatic N) is 2. The second-order valence-electron chi connectivity index (χ2n) is 8.36. The topological polar surface area (TPSA) is 74.8 Å². The summed E-state index contributed by atoms with van der Waals surface area (Å²) in [4.78, 5) is 27.9. The second-order valence-corrected chi connectivity index (χ2v) is 10.3. The fraction of sp³-hybridized carbons (Fsp3) is 0.440. The van der Waals surface area contributed by atoms with Crippen molar-refractivity contribution in [3.63, 3.8) is 0 Å². The van der Waals surface area contributed by atoms with Gasteiger partial charge in [-0.05, 0) is 44.4 Å². The summed E-state index contributed by atoms with van der Waals surface area (Å²) >= 11 is 0. The van der Waals surface area contributed by atoms with Crippen molar-refractivity contribution in [2.24, 2.45) is 5.92 Å². The van der Waals surface area contributed by atoms with Gasteiger partial charge >= 0.3 is 0 Å². The van der Waals surface area contributed by atoms with E-state index in [4.69, 9.17) is 0 Å². The Morgan fingerprint density at radius 3 is 2.12 bits per heavy atom. The summed E-state index contributed by atoms with van der Waals surface area (Å²) in [6.07, 6.45) is 1.21. The van der Waals surface area contributed by atoms with Crippen LogP contribution in [0, 0.1) is 19.8 Å². The van der Waals surface area contributed by atoms with Crippen LogP contribution in [0.5, 0.6) is 0 Å². The Balaban J connectivity index is 1.74. The van der Waals surface area contributed by atoms with Crippen molar-refractivity contribution in [2.75, 3.05) is 26.2 Å². The monoisotopic (exact) mass is 456 g/mol. The summed E-state index contributed by atoms with van der Waals surface area (Å²) in [6.45, 7) is 9.10. The molecular formula is C25H32N2O4S. The number of carbonyl (C=O) groups excluding carboxylic acids is 2. The molecule has 1 amide bonds. The highest BCUT2D eigenvalue weighted by Crippen LogP contribution is 2.25. The van der Waals surface area contributed by atoms with Gasteiger partial charge < -0.3 is 4.90 Å². The van der Waals surface area contributed by atoms with Crippen LogP contribution in [0.2, 0.25) is 0 Å². The van der Waals surface area contributed by atoms with E-state index in [1.807, 2.05) is 38.1 Å². The zero-order valence-corrected chi connectivity index (χ0v) is 20.1. The Labute approximate surface area is 191 Å². The standard InChI is InChI=1S/C25H32N2O4S/c1-5-27(6-2)32(30,31)22-12-9-19(4)23(17-22)25(29)26-15-13-21(14-16-26)24(28)20-10-7-18(3)8-11-20/h7-12,17,21H,5-6,13-16H2,1-4H3. The quantitative estimate of drug-likeness (QED) is 0.589. The van der Waals surface area contributed by atoms with Gasteiger partial charge in [-0.2, -0.15) is 4.31 Å². The molecule has 0 N–H and O–H groups in total. The number of Topliss-reactive ketones (excluding diaryl/α,β-unsaturated/α-hetero) is 1. The molecule has 1 saturated heterocycles. The van der Waals surface area contributed by atoms with E-state index >= 15 is 0 Å². The maximum absolute atomic E-state index is 13.2. The highest BCUT2D eigenvalue weighted by atomic mass is 32.2. The fourth-order valence-corrected chi connectivity index (χ4v) is 5.66. The smallest absolute Gasteiger partial charge is 0.254 e. The van der Waals surface area contributed by atoms with Crippen LogP contribution in [0.15, 0.2) is 47.4 Å². The van der Waals surface area contributed by atoms with Crippen LogP contribution in [0.3, 0.4) is 0 Å². The number of sulfonamides is 1. The number of rotatable bonds is 7. The SMILES string of the molecule is CCN(CC)S(=O)(=O)c1ccc(C)c(C(=O)N2CCC(C(=O)c3ccc(C)cc3)CC2)c1. The van der Waals surface area contributed by atoms with Crippen molar-refractivity contribution >= 4 is 21.7 Å². The number of amides is 1. The third-order valence-electron chi connectivity index (χ3n) is 6.27. The lowest BCUT2D eigenvalue weighted by atomic mass is 9.88. The van der Waals surface area contributed by atoms with Crippen LogP contribution in [-0.2, 0) is 10.0 Å². The number of benzene rings is 2. The molecule has 7 heteroatoms. The average molecular weight is 457 g/mol. The number of aryl methyl sites for hydroxylation is 2. The van der Waals surface area contributed by atoms with E-state index in [1.165, 1.54) is 10.4 Å². The lowest BCUT2D eigenvalue weighted by Crippen LogP contribution is -2.40. The molecule has 0 bridgehead atoms. The molecule has 0 aliphatic carbocycles. The molecule has 1 heterocycles. The van der Waals surface area contributed by atoms with Crippen molar-refractivity contribution in [3.8, 4) is 0 Å². The van der Waals surface area contributed by atoms with E-state index in [2.05, 4.69) is 0 Å². The minimum absolute atomic E-state index is 0.0998. The summed E-state index contributed by atoms with van der Waals surface area (Å²) in [5, 5.41) is 0. The molecule has 2 aromatic carbocycles. The first kappa shape index (κ1) is 24.1. The number of hydrogen-bond acceptors (Lipinski definition) is 4. The summed E-state index contributed by atoms with van der Waals surface area (Å²) < 4.78 is 27.2. The van der Waals surface area contributed by atoms with Gasteiger partial charge in [-0.3, -0.25) is 9.59 Å². The number of carbonyl (C=O) groups is 2. The van der Waals surface area contributed by atoms with E-state index in [9.17, 15) is 18.0 Å². The Kier molecular flexibility index (Phi) is 7.51. The maximum atomic E-state index is 13.2. The van der Waals surface area contributed by atoms with Crippen molar-refractivity contribution in [2.45, 2.75) is 45.4 Å². The Hall–Kier alpha value is -2.51. The number of piperidine rings is 1. The average Bonchev–Trinajstić information content (AvgIpc) is 2.79. The highest BCUT2D eigenvalue weighted by Gasteiger charge is 2.30. The van der Waals surface area contributed by atoms with Crippen LogP contribution in [0.1, 0.15) is 58.5 Å². The first-order chi connectivity index (χ1) is 15.2. The fourth-order valence-electron chi connectivity index (χ4n) is 4.17. The maximum Gasteiger partial charge on any atom is 0.254 e. The van der Waals surface area contributed by atoms with Gasteiger partial charge in [-0.25, -0.2) is 8.42 Å². The summed E-state index contributed by atoms with van der Waals surface area (Å²) in [7, 11) is -3.64. The normalized spacial score (nSPS) is 15.2. The third kappa shape index (κ3) is 4.94. The minimum Gasteiger partial charge on any atom is -0.339 e. The largest absolute Gasteiger partial charge is 0.339 e. The zero-order chi connectivity index (χ0) is 23.5. The molecule has 3 rings (SSSR count). The molecule has 0 saturated carbocycles. The molecule has 1 aliphatic heterocycles. The van der Waals surface area contributed by atoms with Gasteiger partial charge in [0.2, 0.25) is 10.0 Å². The van der Waals surface area contributed by atoms with Crippen LogP contribution in [0.4, 0.5) is 0 Å². The molecule has 6 nitrogen and oxygen atoms in total. The van der Waals surface area contributed by atoms with Gasteiger partial charge in [-0.15, -0.1) is 0 Å². The third-order valence-corrected chi connectivity index (χ3v) is 8.32. The number of hydrogen-bond donors (Lipinski definition) is 0. The van der Waals surface area contributed by atoms with Crippen LogP contribution < -0.4 is 0 Å². The first-order valence-corrected chi connectivity index (χ1v) is 12.6. The van der Waals surface area contributed by atoms with Crippen LogP contribution in [0.25, 0.3) is 0 Å². The minimum atomic E-state index is -3.64. The molecule has 32 heavy (non-hydrogen) atoms. The van der Waals surface area contributed by atoms with E-state index < -0.39 is 10.0 Å². The van der Waals surface area contributed by atoms with Gasteiger partial charge in [0.15, 0.2) is 5.78 Å². The Morgan fingerprint density at radius 2 is 1.56 bits per heavy atom. The molecule has 0 radical (unpaired) electrons. The van der Waals surface area contributed by atoms with Gasteiger partial charge in [0.25, 0.3) is 5.91 Å². The van der Waals surface area contributed by atoms with E-state index in [1.54, 1.807) is 30.9 Å². The van der Waals surface area contributed by atoms with Crippen molar-refractivity contribution in [1.82, 2.24) is 9.21 Å². The van der Waals surface area contributed by atoms with Crippen molar-refractivity contribution in [1.29, 1.82) is 0 Å². The molecule has 172 valence electrons. The molecule has 0 aromatic heterocycles. The molecule has 0 atom stereocenters. The molecule has 0 spiro atoms. The van der Waals surface area contributed by atoms with Crippen LogP contribution in [-0.4, -0.2) is 55.5 Å². The van der Waals surface area contributed by atoms with Gasteiger partial charge in [0, 0.05) is 43.2 Å². The lowest BCUT2D eigenvalue weighted by Gasteiger charge is -2.32. The summed E-state index contributed by atoms with van der Waals surface area (Å²) in [5.74, 6) is -0.154.